The normalized spacial score (nSPS) is 10.8. The highest BCUT2D eigenvalue weighted by atomic mass is 16.5. The lowest BCUT2D eigenvalue weighted by atomic mass is 10.1. The third-order valence-corrected chi connectivity index (χ3v) is 5.76. The van der Waals surface area contributed by atoms with Crippen LogP contribution in [0.15, 0.2) is 72.8 Å². The van der Waals surface area contributed by atoms with E-state index >= 15 is 0 Å². The number of nitrogens with one attached hydrogen (secondary N) is 2. The van der Waals surface area contributed by atoms with Crippen molar-refractivity contribution in [2.24, 2.45) is 0 Å². The number of hydrogen-bond acceptors (Lipinski definition) is 4. The number of carbonyl (C=O) groups excluding carboxylic acids is 2. The number of fused-ring (bicyclic) bond motifs is 1. The van der Waals surface area contributed by atoms with Crippen molar-refractivity contribution >= 4 is 34.4 Å². The molecule has 0 bridgehead atoms. The second-order valence-corrected chi connectivity index (χ2v) is 8.22. The quantitative estimate of drug-likeness (QED) is 0.312. The number of imidazole rings is 1. The van der Waals surface area contributed by atoms with Crippen molar-refractivity contribution in [1.82, 2.24) is 9.55 Å². The fraction of sp³-hybridized carbons (Fsp3) is 0.250. The minimum Gasteiger partial charge on any atom is -0.466 e. The number of nitrogens with zero attached hydrogens (tertiary/aromatic N) is 2. The molecule has 0 unspecified atom stereocenters. The zero-order valence-electron chi connectivity index (χ0n) is 20.1. The van der Waals surface area contributed by atoms with Crippen molar-refractivity contribution in [2.75, 3.05) is 17.2 Å². The fourth-order valence-corrected chi connectivity index (χ4v) is 4.06. The lowest BCUT2D eigenvalue weighted by Crippen LogP contribution is -2.19. The number of rotatable bonds is 9. The van der Waals surface area contributed by atoms with Crippen molar-refractivity contribution in [2.45, 2.75) is 39.7 Å². The van der Waals surface area contributed by atoms with Gasteiger partial charge in [0.25, 0.3) is 0 Å². The minimum absolute atomic E-state index is 0.212. The van der Waals surface area contributed by atoms with Crippen molar-refractivity contribution < 1.29 is 14.3 Å². The molecule has 0 fully saturated rings. The molecule has 4 rings (SSSR count). The van der Waals surface area contributed by atoms with Gasteiger partial charge in [0.1, 0.15) is 5.82 Å². The SMILES string of the molecule is CCOC(=O)Cc1ccc(NC(=O)Nc2ccc(CCc3nc4ccccc4n3CC)cc2)cc1. The number of amides is 2. The molecule has 0 aliphatic heterocycles. The van der Waals surface area contributed by atoms with Crippen LogP contribution in [0.3, 0.4) is 0 Å². The molecular weight excluding hydrogens is 440 g/mol. The van der Waals surface area contributed by atoms with Gasteiger partial charge >= 0.3 is 12.0 Å². The molecule has 180 valence electrons. The summed E-state index contributed by atoms with van der Waals surface area (Å²) in [7, 11) is 0. The average molecular weight is 471 g/mol. The predicted molar refractivity (Wildman–Crippen MR) is 139 cm³/mol. The van der Waals surface area contributed by atoms with Crippen LogP contribution in [0, 0.1) is 0 Å². The molecular formula is C28H30N4O3. The number of para-hydroxylation sites is 2. The van der Waals surface area contributed by atoms with Crippen molar-refractivity contribution in [3.05, 3.63) is 89.7 Å². The third kappa shape index (κ3) is 6.26. The molecule has 0 radical (unpaired) electrons. The highest BCUT2D eigenvalue weighted by Crippen LogP contribution is 2.18. The number of urea groups is 1. The van der Waals surface area contributed by atoms with Gasteiger partial charge in [-0.25, -0.2) is 9.78 Å². The van der Waals surface area contributed by atoms with Crippen LogP contribution in [-0.2, 0) is 35.3 Å². The fourth-order valence-electron chi connectivity index (χ4n) is 4.06. The number of hydrogen-bond donors (Lipinski definition) is 2. The summed E-state index contributed by atoms with van der Waals surface area (Å²) in [6.45, 7) is 5.17. The van der Waals surface area contributed by atoms with Crippen molar-refractivity contribution in [1.29, 1.82) is 0 Å². The van der Waals surface area contributed by atoms with E-state index in [1.807, 2.05) is 42.5 Å². The molecule has 7 heteroatoms. The van der Waals surface area contributed by atoms with Crippen molar-refractivity contribution in [3.8, 4) is 0 Å². The molecule has 0 saturated carbocycles. The standard InChI is InChI=1S/C28H30N4O3/c1-3-32-25-8-6-5-7-24(25)31-26(32)18-13-20-9-14-22(15-10-20)29-28(34)30-23-16-11-21(12-17-23)19-27(33)35-4-2/h5-12,14-17H,3-4,13,18-19H2,1-2H3,(H2,29,30,34). The maximum Gasteiger partial charge on any atom is 0.323 e. The second kappa shape index (κ2) is 11.3. The molecule has 0 spiro atoms. The first-order valence-electron chi connectivity index (χ1n) is 11.9. The highest BCUT2D eigenvalue weighted by Gasteiger charge is 2.10. The van der Waals surface area contributed by atoms with E-state index in [4.69, 9.17) is 9.72 Å². The molecule has 0 aliphatic carbocycles. The molecule has 0 atom stereocenters. The predicted octanol–water partition coefficient (Wildman–Crippen LogP) is 5.59. The zero-order valence-corrected chi connectivity index (χ0v) is 20.1. The molecule has 1 heterocycles. The molecule has 3 aromatic carbocycles. The summed E-state index contributed by atoms with van der Waals surface area (Å²) in [5.41, 5.74) is 5.58. The molecule has 0 saturated heterocycles. The van der Waals surface area contributed by atoms with Gasteiger partial charge in [0, 0.05) is 24.3 Å². The van der Waals surface area contributed by atoms with Crippen LogP contribution in [0.1, 0.15) is 30.8 Å². The van der Waals surface area contributed by atoms with Gasteiger partial charge in [-0.1, -0.05) is 36.4 Å². The molecule has 7 nitrogen and oxygen atoms in total. The van der Waals surface area contributed by atoms with Crippen molar-refractivity contribution in [3.63, 3.8) is 0 Å². The summed E-state index contributed by atoms with van der Waals surface area (Å²) in [6.07, 6.45) is 1.93. The lowest BCUT2D eigenvalue weighted by Gasteiger charge is -2.10. The first-order chi connectivity index (χ1) is 17.1. The van der Waals surface area contributed by atoms with Crippen LogP contribution in [0.4, 0.5) is 16.2 Å². The second-order valence-electron chi connectivity index (χ2n) is 8.22. The summed E-state index contributed by atoms with van der Waals surface area (Å²) in [4.78, 5) is 28.7. The van der Waals surface area contributed by atoms with Gasteiger partial charge in [-0.2, -0.15) is 0 Å². The van der Waals surface area contributed by atoms with Crippen LogP contribution in [-0.4, -0.2) is 28.2 Å². The van der Waals surface area contributed by atoms with Gasteiger partial charge in [0.15, 0.2) is 0 Å². The van der Waals surface area contributed by atoms with Gasteiger partial charge in [-0.15, -0.1) is 0 Å². The molecule has 2 N–H and O–H groups in total. The van der Waals surface area contributed by atoms with E-state index in [1.54, 1.807) is 31.2 Å². The molecule has 4 aromatic rings. The zero-order chi connectivity index (χ0) is 24.6. The molecule has 0 aliphatic rings. The van der Waals surface area contributed by atoms with E-state index in [-0.39, 0.29) is 18.4 Å². The van der Waals surface area contributed by atoms with Crippen LogP contribution >= 0.6 is 0 Å². The number of anilines is 2. The molecule has 35 heavy (non-hydrogen) atoms. The van der Waals surface area contributed by atoms with Gasteiger partial charge in [0.2, 0.25) is 0 Å². The number of aryl methyl sites for hydroxylation is 3. The first kappa shape index (κ1) is 24.0. The smallest absolute Gasteiger partial charge is 0.323 e. The van der Waals surface area contributed by atoms with E-state index in [1.165, 1.54) is 11.1 Å². The van der Waals surface area contributed by atoms with Gasteiger partial charge < -0.3 is 19.9 Å². The number of carbonyl (C=O) groups is 2. The Kier molecular flexibility index (Phi) is 7.77. The summed E-state index contributed by atoms with van der Waals surface area (Å²) < 4.78 is 7.22. The van der Waals surface area contributed by atoms with Crippen LogP contribution < -0.4 is 10.6 Å². The molecule has 1 aromatic heterocycles. The molecule has 2 amide bonds. The topological polar surface area (TPSA) is 85.2 Å². The Morgan fingerprint density at radius 1 is 0.829 bits per heavy atom. The Hall–Kier alpha value is -4.13. The highest BCUT2D eigenvalue weighted by molar-refractivity contribution is 5.99. The van der Waals surface area contributed by atoms with E-state index in [9.17, 15) is 9.59 Å². The first-order valence-corrected chi connectivity index (χ1v) is 11.9. The number of esters is 1. The van der Waals surface area contributed by atoms with Crippen LogP contribution in [0.2, 0.25) is 0 Å². The lowest BCUT2D eigenvalue weighted by molar-refractivity contribution is -0.142. The van der Waals surface area contributed by atoms with Gasteiger partial charge in [-0.05, 0) is 67.8 Å². The maximum absolute atomic E-state index is 12.4. The van der Waals surface area contributed by atoms with E-state index in [0.29, 0.717) is 18.0 Å². The Morgan fingerprint density at radius 2 is 1.46 bits per heavy atom. The Morgan fingerprint density at radius 3 is 2.09 bits per heavy atom. The van der Waals surface area contributed by atoms with Crippen LogP contribution in [0.25, 0.3) is 11.0 Å². The van der Waals surface area contributed by atoms with Crippen LogP contribution in [0.5, 0.6) is 0 Å². The Labute approximate surface area is 205 Å². The number of benzene rings is 3. The average Bonchev–Trinajstić information content (AvgIpc) is 3.22. The number of ether oxygens (including phenoxy) is 1. The van der Waals surface area contributed by atoms with Gasteiger partial charge in [0.05, 0.1) is 24.1 Å². The third-order valence-electron chi connectivity index (χ3n) is 5.76. The van der Waals surface area contributed by atoms with E-state index in [0.717, 1.165) is 36.3 Å². The maximum atomic E-state index is 12.4. The number of aromatic nitrogens is 2. The Balaban J connectivity index is 1.29. The van der Waals surface area contributed by atoms with E-state index in [2.05, 4.69) is 28.2 Å². The monoisotopic (exact) mass is 470 g/mol. The Bertz CT molecular complexity index is 1290. The summed E-state index contributed by atoms with van der Waals surface area (Å²) in [5, 5.41) is 5.66. The summed E-state index contributed by atoms with van der Waals surface area (Å²) >= 11 is 0. The largest absolute Gasteiger partial charge is 0.466 e. The van der Waals surface area contributed by atoms with Gasteiger partial charge in [-0.3, -0.25) is 4.79 Å². The minimum atomic E-state index is -0.326. The van der Waals surface area contributed by atoms with E-state index < -0.39 is 0 Å². The summed E-state index contributed by atoms with van der Waals surface area (Å²) in [6, 6.07) is 22.9. The summed E-state index contributed by atoms with van der Waals surface area (Å²) in [5.74, 6) is 0.821.